The van der Waals surface area contributed by atoms with Crippen molar-refractivity contribution in [3.8, 4) is 0 Å². The highest BCUT2D eigenvalue weighted by molar-refractivity contribution is 7.71. The number of nitrogens with zero attached hydrogens (tertiary/aromatic N) is 5. The molecular weight excluding hydrogens is 1030 g/mol. The molecule has 1 aliphatic heterocycles. The molecule has 1 atom stereocenters. The monoisotopic (exact) mass is 1080 g/mol. The van der Waals surface area contributed by atoms with Gasteiger partial charge in [0.2, 0.25) is 34.7 Å². The van der Waals surface area contributed by atoms with Crippen molar-refractivity contribution in [1.82, 2.24) is 35.1 Å². The molecule has 1 fully saturated rings. The molecule has 1 unspecified atom stereocenters. The van der Waals surface area contributed by atoms with Gasteiger partial charge in [-0.05, 0) is 30.5 Å². The smallest absolute Gasteiger partial charge is 0.360 e. The van der Waals surface area contributed by atoms with Crippen LogP contribution in [0.25, 0.3) is 0 Å². The average Bonchev–Trinajstić information content (AvgIpc) is 3.18. The van der Waals surface area contributed by atoms with E-state index >= 15 is 0 Å². The van der Waals surface area contributed by atoms with Crippen LogP contribution < -0.4 is 16.0 Å². The maximum absolute atomic E-state index is 13.2. The summed E-state index contributed by atoms with van der Waals surface area (Å²) >= 11 is 0. The lowest BCUT2D eigenvalue weighted by molar-refractivity contribution is -0.142. The first-order valence-electron chi connectivity index (χ1n) is 20.4. The van der Waals surface area contributed by atoms with Crippen molar-refractivity contribution >= 4 is 83.6 Å². The second-order valence-electron chi connectivity index (χ2n) is 15.8. The minimum Gasteiger partial charge on any atom is -0.480 e. The van der Waals surface area contributed by atoms with E-state index in [1.807, 2.05) is 0 Å². The summed E-state index contributed by atoms with van der Waals surface area (Å²) in [5.41, 5.74) is -5.47. The number of aliphatic carboxylic acids is 4. The van der Waals surface area contributed by atoms with Crippen LogP contribution in [0.2, 0.25) is 0 Å². The molecule has 0 aliphatic carbocycles. The Morgan fingerprint density at radius 3 is 1.33 bits per heavy atom. The van der Waals surface area contributed by atoms with Gasteiger partial charge in [0.15, 0.2) is 0 Å². The lowest BCUT2D eigenvalue weighted by Gasteiger charge is -2.37. The Kier molecular flexibility index (Phi) is 24.0. The number of nitrogens with one attached hydrogen (secondary N) is 3. The normalized spacial score (nSPS) is 16.7. The van der Waals surface area contributed by atoms with E-state index in [1.165, 1.54) is 37.5 Å². The molecule has 36 heteroatoms. The van der Waals surface area contributed by atoms with E-state index in [1.54, 1.807) is 17.0 Å². The molecule has 1 heterocycles. The van der Waals surface area contributed by atoms with Crippen LogP contribution in [0.1, 0.15) is 24.8 Å². The summed E-state index contributed by atoms with van der Waals surface area (Å²) in [7, 11) is -23.1. The first kappa shape index (κ1) is 61.5. The lowest BCUT2D eigenvalue weighted by Crippen LogP contribution is -2.53. The number of hydrogen-bond donors (Lipinski definition) is 15. The second-order valence-corrected chi connectivity index (χ2v) is 23.4. The molecule has 1 aromatic rings. The number of carbonyl (C=O) groups excluding carboxylic acids is 4. The number of carboxylic acids is 4. The number of carboxylic acid groups (broad SMARTS) is 4. The van der Waals surface area contributed by atoms with Crippen LogP contribution >= 0.6 is 30.4 Å². The Bertz CT molecular complexity index is 2130. The van der Waals surface area contributed by atoms with Gasteiger partial charge in [0.05, 0.1) is 26.2 Å². The van der Waals surface area contributed by atoms with Crippen LogP contribution in [0.4, 0.5) is 5.69 Å². The molecule has 396 valence electrons. The van der Waals surface area contributed by atoms with E-state index in [4.69, 9.17) is 0 Å². The molecule has 15 N–H and O–H groups in total. The molecule has 2 rings (SSSR count). The van der Waals surface area contributed by atoms with Crippen LogP contribution in [0, 0.1) is 0 Å². The lowest BCUT2D eigenvalue weighted by atomic mass is 10.0. The fraction of sp³-hybridized carbons (Fsp3) is 0.588. The molecule has 0 spiro atoms. The van der Waals surface area contributed by atoms with Gasteiger partial charge >= 0.3 is 54.3 Å². The number of benzene rings is 1. The van der Waals surface area contributed by atoms with Gasteiger partial charge in [-0.25, -0.2) is 0 Å². The van der Waals surface area contributed by atoms with E-state index in [9.17, 15) is 116 Å². The molecule has 1 aromatic carbocycles. The highest BCUT2D eigenvalue weighted by atomic mass is 31.2. The zero-order chi connectivity index (χ0) is 53.4. The van der Waals surface area contributed by atoms with Crippen molar-refractivity contribution in [1.29, 1.82) is 0 Å². The quantitative estimate of drug-likeness (QED) is 0.0411. The van der Waals surface area contributed by atoms with Gasteiger partial charge in [0.1, 0.15) is 13.1 Å². The fourth-order valence-corrected chi connectivity index (χ4v) is 11.2. The zero-order valence-corrected chi connectivity index (χ0v) is 40.4. The highest BCUT2D eigenvalue weighted by Gasteiger charge is 2.46. The first-order chi connectivity index (χ1) is 32.1. The third-order valence-corrected chi connectivity index (χ3v) is 16.6. The minimum atomic E-state index is -5.77. The maximum atomic E-state index is 13.2. The zero-order valence-electron chi connectivity index (χ0n) is 36.9. The van der Waals surface area contributed by atoms with Gasteiger partial charge in [-0.2, -0.15) is 0 Å². The van der Waals surface area contributed by atoms with E-state index in [0.717, 1.165) is 0 Å². The summed E-state index contributed by atoms with van der Waals surface area (Å²) in [5, 5.41) is 43.7. The summed E-state index contributed by atoms with van der Waals surface area (Å²) in [4.78, 5) is 180. The first-order valence-corrected chi connectivity index (χ1v) is 27.1. The van der Waals surface area contributed by atoms with Crippen molar-refractivity contribution < 1.29 is 116 Å². The molecule has 0 bridgehead atoms. The van der Waals surface area contributed by atoms with Gasteiger partial charge in [0, 0.05) is 70.4 Å². The molecule has 4 amide bonds. The Balaban J connectivity index is 2.28. The SMILES string of the molecule is O=C(O)CN1CCN(CC(=O)O)CCN(CC(=O)O)C(Cc2ccc(NC(=O)CCCC(=O)N(CC(=O)NC(P(=O)(O)O)P(=O)(O)O)CC(=O)NC(P(=O)(O)O)P(=O)(O)O)cc2)CN(CC(=O)O)CC1. The van der Waals surface area contributed by atoms with Gasteiger partial charge < -0.3 is 80.4 Å². The minimum absolute atomic E-state index is 0.0141. The van der Waals surface area contributed by atoms with Crippen LogP contribution in [0.15, 0.2) is 24.3 Å². The van der Waals surface area contributed by atoms with Crippen LogP contribution in [-0.2, 0) is 63.0 Å². The summed E-state index contributed by atoms with van der Waals surface area (Å²) in [6, 6.07) is 5.31. The number of anilines is 1. The third kappa shape index (κ3) is 23.6. The van der Waals surface area contributed by atoms with Crippen molar-refractivity contribution in [3.05, 3.63) is 29.8 Å². The molecular formula is C34H56N8O24P4. The molecule has 0 radical (unpaired) electrons. The van der Waals surface area contributed by atoms with E-state index in [-0.39, 0.29) is 69.2 Å². The number of carbonyl (C=O) groups is 8. The standard InChI is InChI=1S/C34H56N8O24P4/c43-25(2-1-3-28(46)42(16-26(44)36-33(67(55,56)57)68(58,59)60)17-27(45)37-34(69(61,62)63)70(64,65)66)35-23-6-4-22(5-7-23)14-24-15-40(20-31(51)52)11-10-38(18-29(47)48)8-9-39(19-30(49)50)12-13-41(24)21-32(53)54/h4-7,24,33-34H,1-3,8-21H2,(H,35,43)(H,36,44)(H,37,45)(H,47,48)(H,49,50)(H,51,52)(H,53,54)(H2,55,56,57)(H2,58,59,60)(H2,61,62,63)(H2,64,65,66). The predicted molar refractivity (Wildman–Crippen MR) is 236 cm³/mol. The average molecular weight is 1080 g/mol. The summed E-state index contributed by atoms with van der Waals surface area (Å²) in [6.07, 6.45) is -1.43. The number of rotatable bonds is 25. The van der Waals surface area contributed by atoms with Crippen LogP contribution in [0.3, 0.4) is 0 Å². The van der Waals surface area contributed by atoms with Crippen LogP contribution in [-0.4, -0.2) is 234 Å². The Labute approximate surface area is 397 Å². The molecule has 0 saturated carbocycles. The maximum Gasteiger partial charge on any atom is 0.360 e. The Hall–Kier alpha value is -4.58. The van der Waals surface area contributed by atoms with Gasteiger partial charge in [0.25, 0.3) is 0 Å². The number of amides is 4. The third-order valence-electron chi connectivity index (χ3n) is 9.95. The van der Waals surface area contributed by atoms with Crippen molar-refractivity contribution in [3.63, 3.8) is 0 Å². The topological polar surface area (TPSA) is 500 Å². The Morgan fingerprint density at radius 2 is 0.929 bits per heavy atom. The molecule has 70 heavy (non-hydrogen) atoms. The highest BCUT2D eigenvalue weighted by Crippen LogP contribution is 2.59. The predicted octanol–water partition coefficient (Wildman–Crippen LogP) is -4.39. The molecule has 32 nitrogen and oxygen atoms in total. The molecule has 1 aliphatic rings. The van der Waals surface area contributed by atoms with Gasteiger partial charge in [-0.3, -0.25) is 76.2 Å². The summed E-state index contributed by atoms with van der Waals surface area (Å²) < 4.78 is 46.6. The van der Waals surface area contributed by atoms with Gasteiger partial charge in [-0.1, -0.05) is 12.1 Å². The van der Waals surface area contributed by atoms with E-state index in [0.29, 0.717) is 5.56 Å². The molecule has 1 saturated heterocycles. The summed E-state index contributed by atoms with van der Waals surface area (Å²) in [5.74, 6) is -10.1. The summed E-state index contributed by atoms with van der Waals surface area (Å²) in [6.45, 7) is -4.29. The van der Waals surface area contributed by atoms with Crippen molar-refractivity contribution in [2.24, 2.45) is 0 Å². The largest absolute Gasteiger partial charge is 0.480 e. The van der Waals surface area contributed by atoms with E-state index in [2.05, 4.69) is 5.32 Å². The Morgan fingerprint density at radius 1 is 0.543 bits per heavy atom. The van der Waals surface area contributed by atoms with E-state index < -0.39 is 147 Å². The fourth-order valence-electron chi connectivity index (χ4n) is 6.82. The number of hydrogen-bond acceptors (Lipinski definition) is 16. The van der Waals surface area contributed by atoms with Gasteiger partial charge in [-0.15, -0.1) is 0 Å². The second kappa shape index (κ2) is 27.3. The van der Waals surface area contributed by atoms with Crippen molar-refractivity contribution in [2.75, 3.05) is 90.4 Å². The van der Waals surface area contributed by atoms with Crippen molar-refractivity contribution in [2.45, 2.75) is 42.8 Å². The van der Waals surface area contributed by atoms with Crippen LogP contribution in [0.5, 0.6) is 0 Å². The molecule has 0 aromatic heterocycles.